The van der Waals surface area contributed by atoms with Gasteiger partial charge in [0.25, 0.3) is 0 Å². The second-order valence-corrected chi connectivity index (χ2v) is 3.13. The summed E-state index contributed by atoms with van der Waals surface area (Å²) in [5, 5.41) is 11.2. The Morgan fingerprint density at radius 2 is 2.41 bits per heavy atom. The first-order valence-electron chi connectivity index (χ1n) is 4.80. The van der Waals surface area contributed by atoms with E-state index in [0.717, 1.165) is 0 Å². The molecular formula is C11H12N4O2. The van der Waals surface area contributed by atoms with Crippen LogP contribution in [0.5, 0.6) is 0 Å². The van der Waals surface area contributed by atoms with Crippen molar-refractivity contribution in [3.8, 4) is 6.19 Å². The monoisotopic (exact) mass is 232 g/mol. The van der Waals surface area contributed by atoms with E-state index in [-0.39, 0.29) is 12.4 Å². The first-order chi connectivity index (χ1) is 8.17. The Bertz CT molecular complexity index is 477. The number of carbonyl (C=O) groups is 1. The van der Waals surface area contributed by atoms with Gasteiger partial charge in [-0.25, -0.2) is 4.79 Å². The van der Waals surface area contributed by atoms with Gasteiger partial charge < -0.3 is 15.8 Å². The van der Waals surface area contributed by atoms with Crippen LogP contribution in [0.3, 0.4) is 0 Å². The molecule has 0 heterocycles. The number of methoxy groups -OCH3 is 1. The van der Waals surface area contributed by atoms with Crippen LogP contribution < -0.4 is 11.1 Å². The van der Waals surface area contributed by atoms with E-state index in [1.165, 1.54) is 7.11 Å². The molecule has 0 spiro atoms. The van der Waals surface area contributed by atoms with Crippen molar-refractivity contribution in [1.82, 2.24) is 0 Å². The third kappa shape index (κ3) is 3.83. The number of nitriles is 1. The molecule has 17 heavy (non-hydrogen) atoms. The molecule has 6 heteroatoms. The smallest absolute Gasteiger partial charge is 0.337 e. The minimum Gasteiger partial charge on any atom is -0.465 e. The SMILES string of the molecule is COC(=O)c1cccc(NCC(N)=NC#N)c1. The van der Waals surface area contributed by atoms with E-state index in [4.69, 9.17) is 11.0 Å². The standard InChI is InChI=1S/C11H12N4O2/c1-17-11(16)8-3-2-4-9(5-8)14-6-10(13)15-7-12/h2-5,14H,6H2,1H3,(H2,13,15). The number of nitrogens with two attached hydrogens (primary N) is 1. The van der Waals surface area contributed by atoms with Crippen molar-refractivity contribution in [3.63, 3.8) is 0 Å². The second-order valence-electron chi connectivity index (χ2n) is 3.13. The first kappa shape index (κ1) is 12.5. The van der Waals surface area contributed by atoms with E-state index < -0.39 is 5.97 Å². The molecule has 0 saturated heterocycles. The molecule has 1 aromatic rings. The number of anilines is 1. The van der Waals surface area contributed by atoms with Crippen molar-refractivity contribution >= 4 is 17.5 Å². The van der Waals surface area contributed by atoms with Crippen LogP contribution >= 0.6 is 0 Å². The first-order valence-corrected chi connectivity index (χ1v) is 4.80. The Labute approximate surface area is 98.7 Å². The molecule has 1 aromatic carbocycles. The number of nitrogens with zero attached hydrogens (tertiary/aromatic N) is 2. The molecule has 0 amide bonds. The number of aliphatic imine (C=N–C) groups is 1. The van der Waals surface area contributed by atoms with Crippen LogP contribution in [0.1, 0.15) is 10.4 Å². The second kappa shape index (κ2) is 6.12. The maximum absolute atomic E-state index is 11.3. The van der Waals surface area contributed by atoms with Gasteiger partial charge in [0, 0.05) is 5.69 Å². The molecule has 0 unspecified atom stereocenters. The summed E-state index contributed by atoms with van der Waals surface area (Å²) >= 11 is 0. The predicted molar refractivity (Wildman–Crippen MR) is 63.5 cm³/mol. The molecule has 0 aliphatic carbocycles. The highest BCUT2D eigenvalue weighted by Crippen LogP contribution is 2.10. The van der Waals surface area contributed by atoms with E-state index in [9.17, 15) is 4.79 Å². The zero-order chi connectivity index (χ0) is 12.7. The average Bonchev–Trinajstić information content (AvgIpc) is 2.36. The topological polar surface area (TPSA) is 100 Å². The number of hydrogen-bond donors (Lipinski definition) is 2. The number of nitrogens with one attached hydrogen (secondary N) is 1. The highest BCUT2D eigenvalue weighted by molar-refractivity contribution is 5.91. The van der Waals surface area contributed by atoms with Gasteiger partial charge in [-0.3, -0.25) is 0 Å². The Morgan fingerprint density at radius 1 is 1.65 bits per heavy atom. The number of benzene rings is 1. The molecule has 0 radical (unpaired) electrons. The zero-order valence-electron chi connectivity index (χ0n) is 9.30. The number of hydrogen-bond acceptors (Lipinski definition) is 5. The van der Waals surface area contributed by atoms with Crippen LogP contribution in [0.25, 0.3) is 0 Å². The quantitative estimate of drug-likeness (QED) is 0.345. The molecule has 1 rings (SSSR count). The summed E-state index contributed by atoms with van der Waals surface area (Å²) in [6.45, 7) is 0.234. The van der Waals surface area contributed by atoms with Gasteiger partial charge in [-0.2, -0.15) is 10.3 Å². The van der Waals surface area contributed by atoms with Crippen LogP contribution in [-0.2, 0) is 4.74 Å². The largest absolute Gasteiger partial charge is 0.465 e. The van der Waals surface area contributed by atoms with Gasteiger partial charge in [-0.05, 0) is 18.2 Å². The molecular weight excluding hydrogens is 220 g/mol. The molecule has 0 saturated carbocycles. The molecule has 0 atom stereocenters. The highest BCUT2D eigenvalue weighted by atomic mass is 16.5. The number of amidine groups is 1. The van der Waals surface area contributed by atoms with Crippen molar-refractivity contribution in [2.75, 3.05) is 19.0 Å². The number of ether oxygens (including phenoxy) is 1. The van der Waals surface area contributed by atoms with Gasteiger partial charge in [0.1, 0.15) is 5.84 Å². The normalized spacial score (nSPS) is 10.5. The van der Waals surface area contributed by atoms with Crippen molar-refractivity contribution in [1.29, 1.82) is 5.26 Å². The van der Waals surface area contributed by atoms with Crippen LogP contribution in [-0.4, -0.2) is 25.5 Å². The third-order valence-corrected chi connectivity index (χ3v) is 1.95. The molecule has 0 aliphatic rings. The Balaban J connectivity index is 2.70. The molecule has 3 N–H and O–H groups in total. The molecule has 0 fully saturated rings. The van der Waals surface area contributed by atoms with Crippen molar-refractivity contribution in [2.24, 2.45) is 10.7 Å². The lowest BCUT2D eigenvalue weighted by molar-refractivity contribution is 0.0601. The number of carbonyl (C=O) groups excluding carboxylic acids is 1. The van der Waals surface area contributed by atoms with Crippen molar-refractivity contribution in [2.45, 2.75) is 0 Å². The van der Waals surface area contributed by atoms with Gasteiger partial charge in [0.05, 0.1) is 19.2 Å². The fraction of sp³-hybridized carbons (Fsp3) is 0.182. The minimum atomic E-state index is -0.410. The van der Waals surface area contributed by atoms with E-state index in [1.807, 2.05) is 0 Å². The number of rotatable bonds is 4. The van der Waals surface area contributed by atoms with Crippen LogP contribution in [0.15, 0.2) is 29.3 Å². The minimum absolute atomic E-state index is 0.177. The molecule has 88 valence electrons. The van der Waals surface area contributed by atoms with Gasteiger partial charge in [0.15, 0.2) is 0 Å². The third-order valence-electron chi connectivity index (χ3n) is 1.95. The van der Waals surface area contributed by atoms with Crippen molar-refractivity contribution in [3.05, 3.63) is 29.8 Å². The lowest BCUT2D eigenvalue weighted by Gasteiger charge is -2.06. The summed E-state index contributed by atoms with van der Waals surface area (Å²) in [4.78, 5) is 14.6. The van der Waals surface area contributed by atoms with Gasteiger partial charge in [0.2, 0.25) is 6.19 Å². The Hall–Kier alpha value is -2.55. The van der Waals surface area contributed by atoms with E-state index in [1.54, 1.807) is 30.5 Å². The average molecular weight is 232 g/mol. The van der Waals surface area contributed by atoms with Gasteiger partial charge >= 0.3 is 5.97 Å². The van der Waals surface area contributed by atoms with Gasteiger partial charge in [-0.15, -0.1) is 0 Å². The summed E-state index contributed by atoms with van der Waals surface area (Å²) in [6, 6.07) is 6.76. The van der Waals surface area contributed by atoms with Crippen LogP contribution in [0, 0.1) is 11.5 Å². The summed E-state index contributed by atoms with van der Waals surface area (Å²) < 4.78 is 4.60. The van der Waals surface area contributed by atoms with E-state index >= 15 is 0 Å². The molecule has 6 nitrogen and oxygen atoms in total. The maximum Gasteiger partial charge on any atom is 0.337 e. The lowest BCUT2D eigenvalue weighted by Crippen LogP contribution is -2.22. The zero-order valence-corrected chi connectivity index (χ0v) is 9.30. The molecule has 0 aromatic heterocycles. The van der Waals surface area contributed by atoms with Crippen LogP contribution in [0.2, 0.25) is 0 Å². The summed E-state index contributed by atoms with van der Waals surface area (Å²) in [5.41, 5.74) is 6.57. The van der Waals surface area contributed by atoms with E-state index in [0.29, 0.717) is 11.3 Å². The fourth-order valence-electron chi connectivity index (χ4n) is 1.17. The summed E-state index contributed by atoms with van der Waals surface area (Å²) in [5.74, 6) is -0.233. The summed E-state index contributed by atoms with van der Waals surface area (Å²) in [7, 11) is 1.32. The Kier molecular flexibility index (Phi) is 4.51. The Morgan fingerprint density at radius 3 is 3.06 bits per heavy atom. The van der Waals surface area contributed by atoms with Crippen LogP contribution in [0.4, 0.5) is 5.69 Å². The predicted octanol–water partition coefficient (Wildman–Crippen LogP) is 0.723. The number of esters is 1. The summed E-state index contributed by atoms with van der Waals surface area (Å²) in [6.07, 6.45) is 1.59. The molecule has 0 aliphatic heterocycles. The fourth-order valence-corrected chi connectivity index (χ4v) is 1.17. The lowest BCUT2D eigenvalue weighted by atomic mass is 10.2. The maximum atomic E-state index is 11.3. The van der Waals surface area contributed by atoms with Gasteiger partial charge in [-0.1, -0.05) is 6.07 Å². The van der Waals surface area contributed by atoms with Crippen molar-refractivity contribution < 1.29 is 9.53 Å². The van der Waals surface area contributed by atoms with E-state index in [2.05, 4.69) is 15.0 Å². The highest BCUT2D eigenvalue weighted by Gasteiger charge is 2.05. The molecule has 0 bridgehead atoms.